The predicted molar refractivity (Wildman–Crippen MR) is 124 cm³/mol. The summed E-state index contributed by atoms with van der Waals surface area (Å²) in [5.41, 5.74) is 0.594. The summed E-state index contributed by atoms with van der Waals surface area (Å²) >= 11 is 0. The van der Waals surface area contributed by atoms with Crippen molar-refractivity contribution >= 4 is 27.3 Å². The minimum Gasteiger partial charge on any atom is -0.497 e. The fourth-order valence-electron chi connectivity index (χ4n) is 3.22. The lowest BCUT2D eigenvalue weighted by Crippen LogP contribution is -2.42. The molecule has 3 rings (SSSR count). The third kappa shape index (κ3) is 5.14. The number of rotatable bonds is 7. The number of ether oxygens (including phenoxy) is 1. The standard InChI is InChI=1S/C22H24N4O6S/c1-13-5-6-16(11-14(13)2)24-19(27)12-26(17-7-9-18(32-4)10-8-17)33(30,31)20-15(3)23-22(29)25-21(20)28/h5-11H,12H2,1-4H3,(H,24,27)(H2,23,25,28,29). The molecule has 3 N–H and O–H groups in total. The van der Waals surface area contributed by atoms with E-state index in [-0.39, 0.29) is 11.4 Å². The number of aryl methyl sites for hydroxylation is 3. The molecule has 0 saturated heterocycles. The summed E-state index contributed by atoms with van der Waals surface area (Å²) in [4.78, 5) is 40.3. The van der Waals surface area contributed by atoms with Gasteiger partial charge < -0.3 is 15.0 Å². The molecule has 33 heavy (non-hydrogen) atoms. The highest BCUT2D eigenvalue weighted by atomic mass is 32.2. The number of benzene rings is 2. The Morgan fingerprint density at radius 2 is 1.67 bits per heavy atom. The maximum Gasteiger partial charge on any atom is 0.325 e. The number of nitrogens with one attached hydrogen (secondary N) is 3. The summed E-state index contributed by atoms with van der Waals surface area (Å²) in [6.07, 6.45) is 0. The average Bonchev–Trinajstić information content (AvgIpc) is 2.73. The number of hydrogen-bond donors (Lipinski definition) is 3. The number of nitrogens with zero attached hydrogens (tertiary/aromatic N) is 1. The topological polar surface area (TPSA) is 141 Å². The van der Waals surface area contributed by atoms with Gasteiger partial charge in [0.25, 0.3) is 15.6 Å². The average molecular weight is 473 g/mol. The number of hydrogen-bond acceptors (Lipinski definition) is 6. The molecule has 11 heteroatoms. The van der Waals surface area contributed by atoms with Crippen molar-refractivity contribution in [3.05, 3.63) is 80.1 Å². The molecule has 3 aromatic rings. The minimum absolute atomic E-state index is 0.135. The smallest absolute Gasteiger partial charge is 0.325 e. The van der Waals surface area contributed by atoms with Crippen LogP contribution < -0.4 is 25.6 Å². The molecule has 0 saturated carbocycles. The second-order valence-electron chi connectivity index (χ2n) is 7.42. The van der Waals surface area contributed by atoms with Gasteiger partial charge in [0.05, 0.1) is 12.8 Å². The molecule has 0 radical (unpaired) electrons. The Labute approximate surface area is 190 Å². The summed E-state index contributed by atoms with van der Waals surface area (Å²) < 4.78 is 32.9. The molecule has 0 unspecified atom stereocenters. The first-order valence-electron chi connectivity index (χ1n) is 9.90. The zero-order chi connectivity index (χ0) is 24.3. The largest absolute Gasteiger partial charge is 0.497 e. The molecular weight excluding hydrogens is 448 g/mol. The number of methoxy groups -OCH3 is 1. The third-order valence-corrected chi connectivity index (χ3v) is 6.99. The van der Waals surface area contributed by atoms with Gasteiger partial charge in [0.2, 0.25) is 5.91 Å². The van der Waals surface area contributed by atoms with E-state index in [0.29, 0.717) is 11.4 Å². The van der Waals surface area contributed by atoms with Crippen molar-refractivity contribution in [2.75, 3.05) is 23.3 Å². The third-order valence-electron chi connectivity index (χ3n) is 5.06. The first kappa shape index (κ1) is 23.8. The second kappa shape index (κ2) is 9.33. The van der Waals surface area contributed by atoms with E-state index in [0.717, 1.165) is 15.4 Å². The molecule has 174 valence electrons. The van der Waals surface area contributed by atoms with Gasteiger partial charge in [-0.2, -0.15) is 0 Å². The van der Waals surface area contributed by atoms with Gasteiger partial charge in [-0.1, -0.05) is 6.07 Å². The number of aromatic amines is 2. The molecule has 0 atom stereocenters. The number of sulfonamides is 1. The predicted octanol–water partition coefficient (Wildman–Crippen LogP) is 1.83. The van der Waals surface area contributed by atoms with Crippen LogP contribution in [-0.4, -0.2) is 37.9 Å². The minimum atomic E-state index is -4.54. The normalized spacial score (nSPS) is 11.2. The van der Waals surface area contributed by atoms with Crippen molar-refractivity contribution in [2.45, 2.75) is 25.7 Å². The molecule has 10 nitrogen and oxygen atoms in total. The summed E-state index contributed by atoms with van der Waals surface area (Å²) in [5, 5.41) is 2.68. The lowest BCUT2D eigenvalue weighted by atomic mass is 10.1. The maximum absolute atomic E-state index is 13.5. The summed E-state index contributed by atoms with van der Waals surface area (Å²) in [7, 11) is -3.07. The molecule has 1 aromatic heterocycles. The van der Waals surface area contributed by atoms with E-state index in [4.69, 9.17) is 4.74 Å². The van der Waals surface area contributed by atoms with E-state index in [1.165, 1.54) is 38.3 Å². The summed E-state index contributed by atoms with van der Waals surface area (Å²) in [6, 6.07) is 11.3. The quantitative estimate of drug-likeness (QED) is 0.479. The number of anilines is 2. The number of carbonyl (C=O) groups excluding carboxylic acids is 1. The molecule has 2 aromatic carbocycles. The lowest BCUT2D eigenvalue weighted by molar-refractivity contribution is -0.114. The van der Waals surface area contributed by atoms with Gasteiger partial charge in [-0.25, -0.2) is 13.2 Å². The molecule has 1 amide bonds. The van der Waals surface area contributed by atoms with Gasteiger partial charge in [-0.3, -0.25) is 18.9 Å². The number of carbonyl (C=O) groups is 1. The van der Waals surface area contributed by atoms with Crippen molar-refractivity contribution in [3.8, 4) is 5.75 Å². The van der Waals surface area contributed by atoms with E-state index >= 15 is 0 Å². The van der Waals surface area contributed by atoms with E-state index in [9.17, 15) is 22.8 Å². The molecule has 0 aliphatic heterocycles. The van der Waals surface area contributed by atoms with Crippen LogP contribution in [0.25, 0.3) is 0 Å². The molecule has 0 aliphatic rings. The highest BCUT2D eigenvalue weighted by Gasteiger charge is 2.32. The SMILES string of the molecule is COc1ccc(N(CC(=O)Nc2ccc(C)c(C)c2)S(=O)(=O)c2c(C)[nH]c(=O)[nH]c2=O)cc1. The van der Waals surface area contributed by atoms with E-state index in [1.807, 2.05) is 24.9 Å². The zero-order valence-electron chi connectivity index (χ0n) is 18.6. The van der Waals surface area contributed by atoms with Crippen LogP contribution in [0.2, 0.25) is 0 Å². The van der Waals surface area contributed by atoms with Gasteiger partial charge in [0, 0.05) is 11.4 Å². The molecule has 1 heterocycles. The Balaban J connectivity index is 2.04. The van der Waals surface area contributed by atoms with Gasteiger partial charge in [-0.05, 0) is 68.3 Å². The van der Waals surface area contributed by atoms with Crippen LogP contribution >= 0.6 is 0 Å². The van der Waals surface area contributed by atoms with E-state index in [1.54, 1.807) is 12.1 Å². The fraction of sp³-hybridized carbons (Fsp3) is 0.227. The lowest BCUT2D eigenvalue weighted by Gasteiger charge is -2.24. The monoisotopic (exact) mass is 472 g/mol. The number of amides is 1. The molecule has 0 fully saturated rings. The molecule has 0 aliphatic carbocycles. The summed E-state index contributed by atoms with van der Waals surface area (Å²) in [6.45, 7) is 4.51. The van der Waals surface area contributed by atoms with Crippen LogP contribution in [-0.2, 0) is 14.8 Å². The van der Waals surface area contributed by atoms with Crippen LogP contribution in [0.15, 0.2) is 56.9 Å². The molecular formula is C22H24N4O6S. The van der Waals surface area contributed by atoms with E-state index in [2.05, 4.69) is 10.3 Å². The molecule has 0 spiro atoms. The highest BCUT2D eigenvalue weighted by molar-refractivity contribution is 7.92. The van der Waals surface area contributed by atoms with Crippen molar-refractivity contribution in [1.82, 2.24) is 9.97 Å². The van der Waals surface area contributed by atoms with Crippen LogP contribution in [0, 0.1) is 20.8 Å². The Bertz CT molecular complexity index is 1410. The second-order valence-corrected chi connectivity index (χ2v) is 9.22. The first-order valence-corrected chi connectivity index (χ1v) is 11.3. The van der Waals surface area contributed by atoms with Gasteiger partial charge in [0.1, 0.15) is 12.3 Å². The maximum atomic E-state index is 13.5. The number of aromatic nitrogens is 2. The summed E-state index contributed by atoms with van der Waals surface area (Å²) in [5.74, 6) is -0.134. The van der Waals surface area contributed by atoms with Crippen LogP contribution in [0.3, 0.4) is 0 Å². The zero-order valence-corrected chi connectivity index (χ0v) is 19.4. The van der Waals surface area contributed by atoms with Gasteiger partial charge >= 0.3 is 5.69 Å². The van der Waals surface area contributed by atoms with Crippen molar-refractivity contribution in [3.63, 3.8) is 0 Å². The van der Waals surface area contributed by atoms with Crippen LogP contribution in [0.5, 0.6) is 5.75 Å². The van der Waals surface area contributed by atoms with Crippen LogP contribution in [0.4, 0.5) is 11.4 Å². The first-order chi connectivity index (χ1) is 15.5. The Hall–Kier alpha value is -3.86. The van der Waals surface area contributed by atoms with Gasteiger partial charge in [0.15, 0.2) is 4.90 Å². The van der Waals surface area contributed by atoms with Gasteiger partial charge in [-0.15, -0.1) is 0 Å². The van der Waals surface area contributed by atoms with Crippen LogP contribution in [0.1, 0.15) is 16.8 Å². The molecule has 0 bridgehead atoms. The highest BCUT2D eigenvalue weighted by Crippen LogP contribution is 2.25. The Kier molecular flexibility index (Phi) is 6.73. The Morgan fingerprint density at radius 3 is 2.24 bits per heavy atom. The van der Waals surface area contributed by atoms with Crippen molar-refractivity contribution < 1.29 is 17.9 Å². The van der Waals surface area contributed by atoms with Crippen molar-refractivity contribution in [1.29, 1.82) is 0 Å². The van der Waals surface area contributed by atoms with E-state index < -0.39 is 38.6 Å². The fourth-order valence-corrected chi connectivity index (χ4v) is 4.85. The number of H-pyrrole nitrogens is 2. The Morgan fingerprint density at radius 1 is 1.00 bits per heavy atom. The van der Waals surface area contributed by atoms with Crippen molar-refractivity contribution in [2.24, 2.45) is 0 Å².